The maximum Gasteiger partial charge on any atom is 0.244 e. The van der Waals surface area contributed by atoms with Crippen molar-refractivity contribution in [2.75, 3.05) is 13.1 Å². The smallest absolute Gasteiger partial charge is 0.244 e. The zero-order valence-electron chi connectivity index (χ0n) is 10.8. The summed E-state index contributed by atoms with van der Waals surface area (Å²) in [6.45, 7) is 4.34. The summed E-state index contributed by atoms with van der Waals surface area (Å²) in [5.74, 6) is 0. The fourth-order valence-corrected chi connectivity index (χ4v) is 3.61. The van der Waals surface area contributed by atoms with E-state index in [1.807, 2.05) is 19.9 Å². The third-order valence-corrected chi connectivity index (χ3v) is 4.69. The van der Waals surface area contributed by atoms with Crippen molar-refractivity contribution < 1.29 is 13.2 Å². The molecule has 2 heterocycles. The maximum absolute atomic E-state index is 12.4. The predicted octanol–water partition coefficient (Wildman–Crippen LogP) is 0.751. The lowest BCUT2D eigenvalue weighted by Crippen LogP contribution is -2.48. The quantitative estimate of drug-likeness (QED) is 0.798. The van der Waals surface area contributed by atoms with Gasteiger partial charge >= 0.3 is 0 Å². The Labute approximate surface area is 112 Å². The Morgan fingerprint density at radius 1 is 1.37 bits per heavy atom. The first-order valence-electron chi connectivity index (χ1n) is 5.95. The summed E-state index contributed by atoms with van der Waals surface area (Å²) in [7, 11) is -3.57. The first-order chi connectivity index (χ1) is 8.93. The van der Waals surface area contributed by atoms with Crippen molar-refractivity contribution in [3.05, 3.63) is 24.0 Å². The summed E-state index contributed by atoms with van der Waals surface area (Å²) in [6, 6.07) is 4.67. The van der Waals surface area contributed by atoms with Crippen molar-refractivity contribution in [1.82, 2.24) is 9.29 Å². The van der Waals surface area contributed by atoms with Crippen LogP contribution in [0.25, 0.3) is 0 Å². The predicted molar refractivity (Wildman–Crippen MR) is 67.7 cm³/mol. The minimum Gasteiger partial charge on any atom is -0.373 e. The molecular weight excluding hydrogens is 266 g/mol. The number of rotatable bonds is 2. The summed E-state index contributed by atoms with van der Waals surface area (Å²) < 4.78 is 31.8. The lowest BCUT2D eigenvalue weighted by atomic mass is 10.3. The summed E-state index contributed by atoms with van der Waals surface area (Å²) in [4.78, 5) is 3.90. The number of nitriles is 1. The van der Waals surface area contributed by atoms with Crippen molar-refractivity contribution >= 4 is 10.0 Å². The number of morpholine rings is 1. The highest BCUT2D eigenvalue weighted by molar-refractivity contribution is 7.89. The van der Waals surface area contributed by atoms with Crippen molar-refractivity contribution in [3.8, 4) is 6.07 Å². The maximum atomic E-state index is 12.4. The standard InChI is InChI=1S/C12H15N3O3S/c1-9-7-15(8-10(2)18-9)19(16,17)12-4-3-11(5-13)14-6-12/h3-4,6,9-10H,7-8H2,1-2H3. The number of hydrogen-bond donors (Lipinski definition) is 0. The van der Waals surface area contributed by atoms with Gasteiger partial charge in [-0.15, -0.1) is 0 Å². The normalized spacial score (nSPS) is 24.9. The largest absolute Gasteiger partial charge is 0.373 e. The first kappa shape index (κ1) is 13.9. The topological polar surface area (TPSA) is 83.3 Å². The Bertz CT molecular complexity index is 582. The molecule has 0 aliphatic carbocycles. The van der Waals surface area contributed by atoms with Crippen LogP contribution in [0.3, 0.4) is 0 Å². The lowest BCUT2D eigenvalue weighted by Gasteiger charge is -2.34. The molecular formula is C12H15N3O3S. The molecule has 7 heteroatoms. The molecule has 2 atom stereocenters. The average molecular weight is 281 g/mol. The van der Waals surface area contributed by atoms with E-state index in [1.54, 1.807) is 0 Å². The van der Waals surface area contributed by atoms with Gasteiger partial charge in [0.15, 0.2) is 0 Å². The van der Waals surface area contributed by atoms with Crippen LogP contribution in [0.5, 0.6) is 0 Å². The van der Waals surface area contributed by atoms with E-state index >= 15 is 0 Å². The van der Waals surface area contributed by atoms with Gasteiger partial charge in [-0.1, -0.05) is 0 Å². The van der Waals surface area contributed by atoms with Crippen LogP contribution in [0.2, 0.25) is 0 Å². The van der Waals surface area contributed by atoms with E-state index in [9.17, 15) is 8.42 Å². The number of hydrogen-bond acceptors (Lipinski definition) is 5. The molecule has 0 amide bonds. The SMILES string of the molecule is CC1CN(S(=O)(=O)c2ccc(C#N)nc2)CC(C)O1. The van der Waals surface area contributed by atoms with Crippen LogP contribution in [-0.2, 0) is 14.8 Å². The van der Waals surface area contributed by atoms with Crippen LogP contribution in [0, 0.1) is 11.3 Å². The molecule has 0 radical (unpaired) electrons. The molecule has 0 saturated carbocycles. The van der Waals surface area contributed by atoms with Gasteiger partial charge in [0, 0.05) is 19.3 Å². The van der Waals surface area contributed by atoms with E-state index in [4.69, 9.17) is 10.00 Å². The van der Waals surface area contributed by atoms with Gasteiger partial charge < -0.3 is 4.74 Å². The number of pyridine rings is 1. The van der Waals surface area contributed by atoms with Gasteiger partial charge in [-0.25, -0.2) is 13.4 Å². The highest BCUT2D eigenvalue weighted by atomic mass is 32.2. The highest BCUT2D eigenvalue weighted by Crippen LogP contribution is 2.20. The van der Waals surface area contributed by atoms with Gasteiger partial charge in [-0.05, 0) is 26.0 Å². The molecule has 1 aromatic rings. The Hall–Kier alpha value is -1.49. The van der Waals surface area contributed by atoms with Crippen LogP contribution in [0.15, 0.2) is 23.2 Å². The molecule has 0 bridgehead atoms. The number of nitrogens with zero attached hydrogens (tertiary/aromatic N) is 3. The molecule has 0 spiro atoms. The average Bonchev–Trinajstić information content (AvgIpc) is 2.37. The molecule has 1 aliphatic heterocycles. The van der Waals surface area contributed by atoms with E-state index in [0.29, 0.717) is 13.1 Å². The van der Waals surface area contributed by atoms with E-state index in [2.05, 4.69) is 4.98 Å². The monoisotopic (exact) mass is 281 g/mol. The van der Waals surface area contributed by atoms with Gasteiger partial charge in [0.05, 0.1) is 12.2 Å². The summed E-state index contributed by atoms with van der Waals surface area (Å²) in [6.07, 6.45) is 0.952. The summed E-state index contributed by atoms with van der Waals surface area (Å²) >= 11 is 0. The third-order valence-electron chi connectivity index (χ3n) is 2.87. The van der Waals surface area contributed by atoms with Crippen LogP contribution >= 0.6 is 0 Å². The molecule has 2 unspecified atom stereocenters. The van der Waals surface area contributed by atoms with Crippen molar-refractivity contribution in [1.29, 1.82) is 5.26 Å². The fourth-order valence-electron chi connectivity index (χ4n) is 2.08. The molecule has 1 saturated heterocycles. The molecule has 1 aliphatic rings. The molecule has 1 aromatic heterocycles. The number of sulfonamides is 1. The second kappa shape index (κ2) is 5.25. The second-order valence-electron chi connectivity index (χ2n) is 4.57. The molecule has 6 nitrogen and oxygen atoms in total. The minimum absolute atomic E-state index is 0.104. The van der Waals surface area contributed by atoms with E-state index in [1.165, 1.54) is 22.6 Å². The minimum atomic E-state index is -3.57. The molecule has 0 aromatic carbocycles. The van der Waals surface area contributed by atoms with Crippen molar-refractivity contribution in [2.45, 2.75) is 31.0 Å². The molecule has 2 rings (SSSR count). The van der Waals surface area contributed by atoms with Gasteiger partial charge in [-0.2, -0.15) is 9.57 Å². The van der Waals surface area contributed by atoms with Gasteiger partial charge in [-0.3, -0.25) is 0 Å². The number of aromatic nitrogens is 1. The first-order valence-corrected chi connectivity index (χ1v) is 7.39. The van der Waals surface area contributed by atoms with Crippen LogP contribution < -0.4 is 0 Å². The van der Waals surface area contributed by atoms with Gasteiger partial charge in [0.25, 0.3) is 0 Å². The zero-order valence-corrected chi connectivity index (χ0v) is 11.6. The van der Waals surface area contributed by atoms with Crippen molar-refractivity contribution in [3.63, 3.8) is 0 Å². The van der Waals surface area contributed by atoms with Gasteiger partial charge in [0.2, 0.25) is 10.0 Å². The molecule has 102 valence electrons. The molecule has 0 N–H and O–H groups in total. The van der Waals surface area contributed by atoms with Crippen LogP contribution in [-0.4, -0.2) is 43.0 Å². The fraction of sp³-hybridized carbons (Fsp3) is 0.500. The molecule has 19 heavy (non-hydrogen) atoms. The van der Waals surface area contributed by atoms with Crippen LogP contribution in [0.4, 0.5) is 0 Å². The lowest BCUT2D eigenvalue weighted by molar-refractivity contribution is -0.0440. The van der Waals surface area contributed by atoms with E-state index in [-0.39, 0.29) is 22.8 Å². The Morgan fingerprint density at radius 2 is 2.00 bits per heavy atom. The summed E-state index contributed by atoms with van der Waals surface area (Å²) in [5.41, 5.74) is 0.197. The molecule has 1 fully saturated rings. The highest BCUT2D eigenvalue weighted by Gasteiger charge is 2.32. The number of ether oxygens (including phenoxy) is 1. The van der Waals surface area contributed by atoms with E-state index in [0.717, 1.165) is 0 Å². The van der Waals surface area contributed by atoms with Crippen molar-refractivity contribution in [2.24, 2.45) is 0 Å². The van der Waals surface area contributed by atoms with Crippen LogP contribution in [0.1, 0.15) is 19.5 Å². The summed E-state index contributed by atoms with van der Waals surface area (Å²) in [5, 5.41) is 8.66. The Morgan fingerprint density at radius 3 is 2.47 bits per heavy atom. The zero-order chi connectivity index (χ0) is 14.0. The van der Waals surface area contributed by atoms with E-state index < -0.39 is 10.0 Å². The Kier molecular flexibility index (Phi) is 3.85. The third kappa shape index (κ3) is 2.92. The Balaban J connectivity index is 2.28. The second-order valence-corrected chi connectivity index (χ2v) is 6.51. The van der Waals surface area contributed by atoms with Gasteiger partial charge in [0.1, 0.15) is 16.7 Å².